The van der Waals surface area contributed by atoms with Crippen LogP contribution >= 0.6 is 11.3 Å². The summed E-state index contributed by atoms with van der Waals surface area (Å²) in [7, 11) is 0. The first-order valence-electron chi connectivity index (χ1n) is 12.5. The fourth-order valence-corrected chi connectivity index (χ4v) is 6.68. The maximum atomic E-state index is 7.32. The minimum absolute atomic E-state index is 0.0227. The van der Waals surface area contributed by atoms with Gasteiger partial charge in [0.25, 0.3) is 0 Å². The summed E-state index contributed by atoms with van der Waals surface area (Å²) in [6.45, 7) is 29.5. The van der Waals surface area contributed by atoms with Gasteiger partial charge < -0.3 is 10.1 Å². The standard InChI is InChI=1S/C31H45NOS/c1-19-18-26(25-17-15-14-16-24(25)20(19)2)33-31(13,27-22(4)21(3)23(5)34-27)29(9,10)30(11,12)32-28(6,7)8/h14-18,32H,1-13H3/t31-/m1/s1. The molecule has 0 radical (unpaired) electrons. The molecule has 0 amide bonds. The molecule has 0 unspecified atom stereocenters. The number of hydrogen-bond acceptors (Lipinski definition) is 3. The Hall–Kier alpha value is -1.84. The predicted molar refractivity (Wildman–Crippen MR) is 151 cm³/mol. The molecule has 0 saturated carbocycles. The second kappa shape index (κ2) is 8.68. The van der Waals surface area contributed by atoms with Crippen molar-refractivity contribution >= 4 is 22.1 Å². The summed E-state index contributed by atoms with van der Waals surface area (Å²) < 4.78 is 7.32. The van der Waals surface area contributed by atoms with E-state index in [2.05, 4.69) is 126 Å². The summed E-state index contributed by atoms with van der Waals surface area (Å²) in [5, 5.41) is 6.36. The third kappa shape index (κ3) is 4.42. The highest BCUT2D eigenvalue weighted by Crippen LogP contribution is 2.54. The summed E-state index contributed by atoms with van der Waals surface area (Å²) >= 11 is 1.89. The fraction of sp³-hybridized carbons (Fsp3) is 0.548. The van der Waals surface area contributed by atoms with Crippen LogP contribution in [0, 0.1) is 40.0 Å². The first kappa shape index (κ1) is 26.8. The molecule has 1 aromatic heterocycles. The minimum Gasteiger partial charge on any atom is -0.481 e. The highest BCUT2D eigenvalue weighted by atomic mass is 32.1. The number of hydrogen-bond donors (Lipinski definition) is 1. The van der Waals surface area contributed by atoms with Crippen molar-refractivity contribution in [2.45, 2.75) is 107 Å². The molecule has 0 aliphatic rings. The highest BCUT2D eigenvalue weighted by molar-refractivity contribution is 7.12. The second-order valence-electron chi connectivity index (χ2n) is 12.4. The fourth-order valence-electron chi connectivity index (χ4n) is 5.27. The lowest BCUT2D eigenvalue weighted by Crippen LogP contribution is -2.65. The molecule has 0 aliphatic heterocycles. The number of fused-ring (bicyclic) bond motifs is 1. The van der Waals surface area contributed by atoms with Crippen molar-refractivity contribution in [1.29, 1.82) is 0 Å². The quantitative estimate of drug-likeness (QED) is 0.381. The van der Waals surface area contributed by atoms with Gasteiger partial charge in [0.05, 0.1) is 4.88 Å². The molecule has 0 bridgehead atoms. The zero-order valence-electron chi connectivity index (χ0n) is 23.7. The molecule has 0 saturated heterocycles. The van der Waals surface area contributed by atoms with Crippen molar-refractivity contribution in [3.63, 3.8) is 0 Å². The molecule has 3 heteroatoms. The van der Waals surface area contributed by atoms with Crippen LogP contribution < -0.4 is 10.1 Å². The Kier molecular flexibility index (Phi) is 6.83. The van der Waals surface area contributed by atoms with E-state index in [9.17, 15) is 0 Å². The van der Waals surface area contributed by atoms with Crippen molar-refractivity contribution in [2.75, 3.05) is 0 Å². The molecule has 0 spiro atoms. The SMILES string of the molecule is Cc1cc(O[C@](C)(c2sc(C)c(C)c2C)C(C)(C)C(C)(C)NC(C)(C)C)c2ccccc2c1C. The Labute approximate surface area is 212 Å². The lowest BCUT2D eigenvalue weighted by molar-refractivity contribution is -0.0827. The van der Waals surface area contributed by atoms with Gasteiger partial charge in [-0.1, -0.05) is 38.1 Å². The van der Waals surface area contributed by atoms with Gasteiger partial charge in [0, 0.05) is 26.8 Å². The average Bonchev–Trinajstić information content (AvgIpc) is 2.97. The van der Waals surface area contributed by atoms with E-state index in [-0.39, 0.29) is 16.5 Å². The van der Waals surface area contributed by atoms with Crippen LogP contribution in [-0.2, 0) is 5.60 Å². The molecule has 0 fully saturated rings. The number of nitrogens with one attached hydrogen (secondary N) is 1. The van der Waals surface area contributed by atoms with E-state index in [4.69, 9.17) is 4.74 Å². The van der Waals surface area contributed by atoms with Gasteiger partial charge >= 0.3 is 0 Å². The van der Waals surface area contributed by atoms with Crippen LogP contribution in [0.4, 0.5) is 0 Å². The first-order valence-corrected chi connectivity index (χ1v) is 13.3. The van der Waals surface area contributed by atoms with Crippen molar-refractivity contribution < 1.29 is 4.74 Å². The summed E-state index contributed by atoms with van der Waals surface area (Å²) in [6, 6.07) is 10.9. The van der Waals surface area contributed by atoms with Gasteiger partial charge in [-0.2, -0.15) is 0 Å². The third-order valence-corrected chi connectivity index (χ3v) is 9.92. The summed E-state index contributed by atoms with van der Waals surface area (Å²) in [5.74, 6) is 0.962. The van der Waals surface area contributed by atoms with E-state index in [0.717, 1.165) is 5.75 Å². The van der Waals surface area contributed by atoms with Crippen molar-refractivity contribution in [2.24, 2.45) is 5.41 Å². The Balaban J connectivity index is 2.31. The van der Waals surface area contributed by atoms with Crippen LogP contribution in [0.2, 0.25) is 0 Å². The Morgan fingerprint density at radius 2 is 1.29 bits per heavy atom. The van der Waals surface area contributed by atoms with Crippen LogP contribution in [-0.4, -0.2) is 11.1 Å². The van der Waals surface area contributed by atoms with E-state index in [1.54, 1.807) is 0 Å². The van der Waals surface area contributed by atoms with Crippen LogP contribution in [0.25, 0.3) is 10.8 Å². The van der Waals surface area contributed by atoms with Crippen molar-refractivity contribution in [3.8, 4) is 5.75 Å². The monoisotopic (exact) mass is 479 g/mol. The number of benzene rings is 2. The van der Waals surface area contributed by atoms with Gasteiger partial charge in [-0.05, 0) is 110 Å². The van der Waals surface area contributed by atoms with Crippen LogP contribution in [0.1, 0.15) is 87.4 Å². The molecule has 0 aliphatic carbocycles. The van der Waals surface area contributed by atoms with E-state index in [1.807, 2.05) is 11.3 Å². The van der Waals surface area contributed by atoms with Gasteiger partial charge in [-0.3, -0.25) is 0 Å². The number of rotatable bonds is 6. The maximum absolute atomic E-state index is 7.32. The van der Waals surface area contributed by atoms with E-state index in [0.29, 0.717) is 0 Å². The number of aryl methyl sites for hydroxylation is 3. The van der Waals surface area contributed by atoms with E-state index >= 15 is 0 Å². The molecule has 2 nitrogen and oxygen atoms in total. The minimum atomic E-state index is -0.563. The molecule has 1 N–H and O–H groups in total. The van der Waals surface area contributed by atoms with Gasteiger partial charge in [-0.25, -0.2) is 0 Å². The Morgan fingerprint density at radius 3 is 1.79 bits per heavy atom. The number of thiophene rings is 1. The third-order valence-electron chi connectivity index (χ3n) is 8.41. The molecule has 1 heterocycles. The van der Waals surface area contributed by atoms with Gasteiger partial charge in [0.15, 0.2) is 0 Å². The molecule has 3 aromatic rings. The molecular formula is C31H45NOS. The van der Waals surface area contributed by atoms with Gasteiger partial charge in [0.2, 0.25) is 0 Å². The lowest BCUT2D eigenvalue weighted by atomic mass is 9.62. The van der Waals surface area contributed by atoms with E-state index in [1.165, 1.54) is 42.8 Å². The topological polar surface area (TPSA) is 21.3 Å². The largest absolute Gasteiger partial charge is 0.481 e. The van der Waals surface area contributed by atoms with Crippen LogP contribution in [0.5, 0.6) is 5.75 Å². The summed E-state index contributed by atoms with van der Waals surface area (Å²) in [4.78, 5) is 2.68. The molecule has 2 aromatic carbocycles. The molecule has 186 valence electrons. The van der Waals surface area contributed by atoms with Gasteiger partial charge in [-0.15, -0.1) is 11.3 Å². The predicted octanol–water partition coefficient (Wildman–Crippen LogP) is 8.93. The Bertz CT molecular complexity index is 1210. The van der Waals surface area contributed by atoms with Crippen molar-refractivity contribution in [1.82, 2.24) is 5.32 Å². The highest BCUT2D eigenvalue weighted by Gasteiger charge is 2.56. The number of ether oxygens (including phenoxy) is 1. The second-order valence-corrected chi connectivity index (χ2v) is 13.6. The zero-order valence-corrected chi connectivity index (χ0v) is 24.5. The van der Waals surface area contributed by atoms with Crippen LogP contribution in [0.3, 0.4) is 0 Å². The first-order chi connectivity index (χ1) is 15.4. The average molecular weight is 480 g/mol. The van der Waals surface area contributed by atoms with Gasteiger partial charge in [0.1, 0.15) is 11.4 Å². The molecule has 34 heavy (non-hydrogen) atoms. The smallest absolute Gasteiger partial charge is 0.147 e. The summed E-state index contributed by atoms with van der Waals surface area (Å²) in [5.41, 5.74) is 4.23. The molecule has 1 atom stereocenters. The summed E-state index contributed by atoms with van der Waals surface area (Å²) in [6.07, 6.45) is 0. The maximum Gasteiger partial charge on any atom is 0.147 e. The lowest BCUT2D eigenvalue weighted by Gasteiger charge is -2.55. The van der Waals surface area contributed by atoms with E-state index < -0.39 is 5.60 Å². The van der Waals surface area contributed by atoms with Crippen LogP contribution in [0.15, 0.2) is 30.3 Å². The normalized spacial score (nSPS) is 15.0. The zero-order chi connectivity index (χ0) is 25.9. The molecule has 3 rings (SSSR count). The Morgan fingerprint density at radius 1 is 0.735 bits per heavy atom. The molecular weight excluding hydrogens is 434 g/mol. The van der Waals surface area contributed by atoms with Crippen molar-refractivity contribution in [3.05, 3.63) is 62.3 Å².